The van der Waals surface area contributed by atoms with Crippen molar-refractivity contribution in [2.75, 3.05) is 0 Å². The number of aromatic nitrogens is 2. The lowest BCUT2D eigenvalue weighted by molar-refractivity contribution is -0.0499. The van der Waals surface area contributed by atoms with Crippen LogP contribution in [0.25, 0.3) is 0 Å². The van der Waals surface area contributed by atoms with Crippen LogP contribution in [-0.4, -0.2) is 34.9 Å². The molecule has 0 unspecified atom stereocenters. The van der Waals surface area contributed by atoms with E-state index in [9.17, 15) is 8.78 Å². The van der Waals surface area contributed by atoms with Crippen LogP contribution in [0.5, 0.6) is 17.5 Å². The van der Waals surface area contributed by atoms with Crippen LogP contribution >= 0.6 is 0 Å². The molecule has 6 nitrogen and oxygen atoms in total. The number of rotatable bonds is 5. The van der Waals surface area contributed by atoms with E-state index in [1.54, 1.807) is 18.5 Å². The largest absolute Gasteiger partial charge is 0.498 e. The van der Waals surface area contributed by atoms with Crippen molar-refractivity contribution >= 4 is 12.6 Å². The summed E-state index contributed by atoms with van der Waals surface area (Å²) in [6, 6.07) is 5.92. The Labute approximate surface area is 150 Å². The maximum atomic E-state index is 12.3. The monoisotopic (exact) mass is 364 g/mol. The second-order valence-corrected chi connectivity index (χ2v) is 6.84. The van der Waals surface area contributed by atoms with Gasteiger partial charge >= 0.3 is 19.7 Å². The maximum absolute atomic E-state index is 12.3. The third-order valence-electron chi connectivity index (χ3n) is 4.41. The number of hydrogen-bond acceptors (Lipinski definition) is 6. The Hall–Kier alpha value is -2.26. The van der Waals surface area contributed by atoms with E-state index in [0.29, 0.717) is 5.46 Å². The molecule has 0 amide bonds. The molecule has 0 atom stereocenters. The van der Waals surface area contributed by atoms with Gasteiger partial charge in [0.25, 0.3) is 0 Å². The second-order valence-electron chi connectivity index (χ2n) is 6.84. The molecule has 2 aromatic rings. The molecule has 0 N–H and O–H groups in total. The minimum atomic E-state index is -2.90. The third-order valence-corrected chi connectivity index (χ3v) is 4.41. The second kappa shape index (κ2) is 6.81. The van der Waals surface area contributed by atoms with Crippen molar-refractivity contribution in [1.29, 1.82) is 0 Å². The van der Waals surface area contributed by atoms with Gasteiger partial charge in [-0.05, 0) is 39.8 Å². The molecule has 0 aliphatic carbocycles. The summed E-state index contributed by atoms with van der Waals surface area (Å²) in [6.45, 7) is 4.93. The number of hydrogen-bond donors (Lipinski definition) is 0. The lowest BCUT2D eigenvalue weighted by Gasteiger charge is -2.32. The summed E-state index contributed by atoms with van der Waals surface area (Å²) in [6.07, 6.45) is 3.09. The van der Waals surface area contributed by atoms with Gasteiger partial charge in [0.15, 0.2) is 0 Å². The van der Waals surface area contributed by atoms with Crippen LogP contribution in [0.3, 0.4) is 0 Å². The first-order valence-electron chi connectivity index (χ1n) is 8.07. The number of alkyl halides is 2. The van der Waals surface area contributed by atoms with E-state index >= 15 is 0 Å². The molecule has 3 rings (SSSR count). The number of benzene rings is 1. The fraction of sp³-hybridized carbons (Fsp3) is 0.412. The average Bonchev–Trinajstić information content (AvgIpc) is 2.76. The number of ether oxygens (including phenoxy) is 2. The molecule has 1 saturated heterocycles. The molecule has 0 bridgehead atoms. The van der Waals surface area contributed by atoms with Crippen LogP contribution in [0.2, 0.25) is 0 Å². The van der Waals surface area contributed by atoms with E-state index in [4.69, 9.17) is 14.0 Å². The summed E-state index contributed by atoms with van der Waals surface area (Å²) in [4.78, 5) is 8.24. The van der Waals surface area contributed by atoms with Gasteiger partial charge in [-0.15, -0.1) is 0 Å². The molecule has 0 spiro atoms. The Morgan fingerprint density at radius 3 is 2.15 bits per heavy atom. The summed E-state index contributed by atoms with van der Waals surface area (Å²) in [5, 5.41) is 0. The molecule has 0 saturated carbocycles. The standard InChI is InChI=1S/C17H19BF2N2O4/c1-16(2)17(3,4)26-18(25-16)11-9-21-15(22-10-11)24-13-7-5-6-12(8-13)23-14(19)20/h5-10,14H,1-4H3. The van der Waals surface area contributed by atoms with Crippen molar-refractivity contribution in [3.63, 3.8) is 0 Å². The van der Waals surface area contributed by atoms with Gasteiger partial charge in [-0.3, -0.25) is 0 Å². The number of halogens is 2. The lowest BCUT2D eigenvalue weighted by Crippen LogP contribution is -2.41. The van der Waals surface area contributed by atoms with Crippen molar-refractivity contribution < 1.29 is 27.6 Å². The fourth-order valence-corrected chi connectivity index (χ4v) is 2.30. The summed E-state index contributed by atoms with van der Waals surface area (Å²) in [5.74, 6) is 0.276. The summed E-state index contributed by atoms with van der Waals surface area (Å²) < 4.78 is 46.2. The van der Waals surface area contributed by atoms with Crippen molar-refractivity contribution in [3.8, 4) is 17.5 Å². The smallest absolute Gasteiger partial charge is 0.435 e. The first-order valence-corrected chi connectivity index (χ1v) is 8.07. The van der Waals surface area contributed by atoms with Crippen LogP contribution < -0.4 is 14.9 Å². The molecule has 1 aromatic carbocycles. The van der Waals surface area contributed by atoms with E-state index in [1.807, 2.05) is 27.7 Å². The Balaban J connectivity index is 1.69. The van der Waals surface area contributed by atoms with Crippen molar-refractivity contribution in [2.45, 2.75) is 45.5 Å². The minimum Gasteiger partial charge on any atom is -0.435 e. The molecule has 9 heteroatoms. The molecular weight excluding hydrogens is 345 g/mol. The normalized spacial score (nSPS) is 18.2. The molecule has 2 heterocycles. The van der Waals surface area contributed by atoms with Crippen LogP contribution in [0.15, 0.2) is 36.7 Å². The maximum Gasteiger partial charge on any atom is 0.498 e. The van der Waals surface area contributed by atoms with Gasteiger partial charge in [0.2, 0.25) is 0 Å². The highest BCUT2D eigenvalue weighted by atomic mass is 19.3. The Kier molecular flexibility index (Phi) is 4.85. The zero-order chi connectivity index (χ0) is 18.9. The summed E-state index contributed by atoms with van der Waals surface area (Å²) in [5.41, 5.74) is -0.263. The topological polar surface area (TPSA) is 62.7 Å². The van der Waals surface area contributed by atoms with E-state index in [-0.39, 0.29) is 17.5 Å². The first-order chi connectivity index (χ1) is 12.2. The van der Waals surface area contributed by atoms with Crippen LogP contribution in [0, 0.1) is 0 Å². The van der Waals surface area contributed by atoms with E-state index < -0.39 is 24.9 Å². The van der Waals surface area contributed by atoms with E-state index in [2.05, 4.69) is 14.7 Å². The van der Waals surface area contributed by atoms with Gasteiger partial charge in [0.05, 0.1) is 11.2 Å². The van der Waals surface area contributed by atoms with Gasteiger partial charge in [-0.1, -0.05) is 6.07 Å². The molecule has 1 fully saturated rings. The number of nitrogens with zero attached hydrogens (tertiary/aromatic N) is 2. The zero-order valence-corrected chi connectivity index (χ0v) is 14.9. The molecule has 138 valence electrons. The summed E-state index contributed by atoms with van der Waals surface area (Å²) in [7, 11) is -0.572. The van der Waals surface area contributed by atoms with E-state index in [1.165, 1.54) is 18.2 Å². The Bertz CT molecular complexity index is 756. The molecule has 1 aliphatic rings. The van der Waals surface area contributed by atoms with Crippen LogP contribution in [-0.2, 0) is 9.31 Å². The van der Waals surface area contributed by atoms with Crippen molar-refractivity contribution in [1.82, 2.24) is 9.97 Å². The van der Waals surface area contributed by atoms with Crippen LogP contribution in [0.1, 0.15) is 27.7 Å². The van der Waals surface area contributed by atoms with Crippen LogP contribution in [0.4, 0.5) is 8.78 Å². The molecule has 1 aliphatic heterocycles. The van der Waals surface area contributed by atoms with Gasteiger partial charge < -0.3 is 18.8 Å². The van der Waals surface area contributed by atoms with Gasteiger partial charge in [-0.2, -0.15) is 8.78 Å². The highest BCUT2D eigenvalue weighted by Crippen LogP contribution is 2.36. The van der Waals surface area contributed by atoms with Crippen molar-refractivity contribution in [3.05, 3.63) is 36.7 Å². The van der Waals surface area contributed by atoms with E-state index in [0.717, 1.165) is 0 Å². The van der Waals surface area contributed by atoms with Gasteiger partial charge in [0.1, 0.15) is 11.5 Å². The quantitative estimate of drug-likeness (QED) is 0.760. The highest BCUT2D eigenvalue weighted by molar-refractivity contribution is 6.61. The average molecular weight is 364 g/mol. The molecule has 1 aromatic heterocycles. The predicted molar refractivity (Wildman–Crippen MR) is 90.9 cm³/mol. The fourth-order valence-electron chi connectivity index (χ4n) is 2.30. The Morgan fingerprint density at radius 2 is 1.58 bits per heavy atom. The minimum absolute atomic E-state index is 0.00802. The highest BCUT2D eigenvalue weighted by Gasteiger charge is 2.51. The Morgan fingerprint density at radius 1 is 1.00 bits per heavy atom. The van der Waals surface area contributed by atoms with Crippen molar-refractivity contribution in [2.24, 2.45) is 0 Å². The summed E-state index contributed by atoms with van der Waals surface area (Å²) >= 11 is 0. The first kappa shape index (κ1) is 18.5. The van der Waals surface area contributed by atoms with Gasteiger partial charge in [0, 0.05) is 23.9 Å². The zero-order valence-electron chi connectivity index (χ0n) is 14.9. The van der Waals surface area contributed by atoms with Gasteiger partial charge in [-0.25, -0.2) is 9.97 Å². The molecule has 26 heavy (non-hydrogen) atoms. The third kappa shape index (κ3) is 3.94. The lowest BCUT2D eigenvalue weighted by atomic mass is 9.81. The predicted octanol–water partition coefficient (Wildman–Crippen LogP) is 3.17. The molecular formula is C17H19BF2N2O4. The SMILES string of the molecule is CC1(C)OB(c2cnc(Oc3cccc(OC(F)F)c3)nc2)OC1(C)C. The molecule has 0 radical (unpaired) electrons.